The van der Waals surface area contributed by atoms with E-state index < -0.39 is 0 Å². The minimum absolute atomic E-state index is 0.535. The normalized spacial score (nSPS) is 12.4. The molecule has 1 atom stereocenters. The monoisotopic (exact) mass is 258 g/mol. The smallest absolute Gasteiger partial charge is 0.138 e. The topological polar surface area (TPSA) is 42.7 Å². The molecule has 102 valence electrons. The quantitative estimate of drug-likeness (QED) is 0.861. The maximum Gasteiger partial charge on any atom is 0.138 e. The van der Waals surface area contributed by atoms with Crippen molar-refractivity contribution in [2.24, 2.45) is 0 Å². The molecule has 0 saturated heterocycles. The molecule has 2 aromatic rings. The van der Waals surface area contributed by atoms with Crippen LogP contribution in [0.1, 0.15) is 38.9 Å². The van der Waals surface area contributed by atoms with Crippen LogP contribution in [0.15, 0.2) is 30.7 Å². The third-order valence-electron chi connectivity index (χ3n) is 3.32. The molecule has 1 unspecified atom stereocenters. The first-order valence-corrected chi connectivity index (χ1v) is 6.97. The summed E-state index contributed by atoms with van der Waals surface area (Å²) in [4.78, 5) is 8.70. The van der Waals surface area contributed by atoms with Gasteiger partial charge in [0, 0.05) is 18.4 Å². The average molecular weight is 258 g/mol. The minimum Gasteiger partial charge on any atom is -0.381 e. The summed E-state index contributed by atoms with van der Waals surface area (Å²) in [6.45, 7) is 6.40. The highest BCUT2D eigenvalue weighted by Gasteiger charge is 2.06. The van der Waals surface area contributed by atoms with Crippen molar-refractivity contribution < 1.29 is 0 Å². The standard InChI is InChI=1S/C15H22N4/c1-4-6-13(5-2)18-14-7-8-15(17-11-14)19-10-9-16-12(19)3/h7-11,13,18H,4-6H2,1-3H3. The molecule has 0 aliphatic rings. The van der Waals surface area contributed by atoms with Gasteiger partial charge < -0.3 is 5.32 Å². The van der Waals surface area contributed by atoms with Crippen LogP contribution in [0.4, 0.5) is 5.69 Å². The molecule has 0 saturated carbocycles. The zero-order chi connectivity index (χ0) is 13.7. The average Bonchev–Trinajstić information content (AvgIpc) is 2.85. The number of aryl methyl sites for hydroxylation is 1. The molecule has 2 aromatic heterocycles. The van der Waals surface area contributed by atoms with Crippen molar-refractivity contribution in [3.8, 4) is 5.82 Å². The van der Waals surface area contributed by atoms with Gasteiger partial charge in [0.15, 0.2) is 0 Å². The first kappa shape index (κ1) is 13.6. The SMILES string of the molecule is CCCC(CC)Nc1ccc(-n2ccnc2C)nc1. The molecule has 0 spiro atoms. The number of aromatic nitrogens is 3. The van der Waals surface area contributed by atoms with Crippen LogP contribution < -0.4 is 5.32 Å². The molecule has 4 heteroatoms. The molecule has 0 bridgehead atoms. The van der Waals surface area contributed by atoms with E-state index in [-0.39, 0.29) is 0 Å². The summed E-state index contributed by atoms with van der Waals surface area (Å²) in [6.07, 6.45) is 9.14. The van der Waals surface area contributed by atoms with Crippen molar-refractivity contribution >= 4 is 5.69 Å². The van der Waals surface area contributed by atoms with Gasteiger partial charge in [-0.05, 0) is 31.9 Å². The van der Waals surface area contributed by atoms with Gasteiger partial charge in [-0.3, -0.25) is 4.57 Å². The van der Waals surface area contributed by atoms with Crippen LogP contribution in [-0.2, 0) is 0 Å². The highest BCUT2D eigenvalue weighted by Crippen LogP contribution is 2.14. The van der Waals surface area contributed by atoms with E-state index in [1.807, 2.05) is 30.0 Å². The molecule has 0 radical (unpaired) electrons. The Morgan fingerprint density at radius 1 is 1.26 bits per heavy atom. The van der Waals surface area contributed by atoms with Crippen LogP contribution in [-0.4, -0.2) is 20.6 Å². The van der Waals surface area contributed by atoms with Crippen LogP contribution in [0.3, 0.4) is 0 Å². The number of rotatable bonds is 6. The summed E-state index contributed by atoms with van der Waals surface area (Å²) < 4.78 is 1.98. The van der Waals surface area contributed by atoms with Gasteiger partial charge >= 0.3 is 0 Å². The van der Waals surface area contributed by atoms with Crippen molar-refractivity contribution in [1.29, 1.82) is 0 Å². The summed E-state index contributed by atoms with van der Waals surface area (Å²) >= 11 is 0. The van der Waals surface area contributed by atoms with Crippen molar-refractivity contribution in [3.05, 3.63) is 36.5 Å². The van der Waals surface area contributed by atoms with E-state index in [9.17, 15) is 0 Å². The summed E-state index contributed by atoms with van der Waals surface area (Å²) in [7, 11) is 0. The van der Waals surface area contributed by atoms with E-state index in [0.717, 1.165) is 23.8 Å². The molecule has 0 amide bonds. The maximum atomic E-state index is 4.49. The molecule has 0 aromatic carbocycles. The Hall–Kier alpha value is -1.84. The zero-order valence-electron chi connectivity index (χ0n) is 11.9. The predicted octanol–water partition coefficient (Wildman–Crippen LogP) is 3.57. The Labute approximate surface area is 114 Å². The van der Waals surface area contributed by atoms with Crippen LogP contribution in [0.5, 0.6) is 0 Å². The molecule has 0 aliphatic carbocycles. The van der Waals surface area contributed by atoms with Gasteiger partial charge in [0.1, 0.15) is 11.6 Å². The van der Waals surface area contributed by atoms with Crippen molar-refractivity contribution in [3.63, 3.8) is 0 Å². The Balaban J connectivity index is 2.08. The van der Waals surface area contributed by atoms with Gasteiger partial charge in [-0.15, -0.1) is 0 Å². The number of hydrogen-bond donors (Lipinski definition) is 1. The Morgan fingerprint density at radius 3 is 2.63 bits per heavy atom. The largest absolute Gasteiger partial charge is 0.381 e. The van der Waals surface area contributed by atoms with Gasteiger partial charge in [0.25, 0.3) is 0 Å². The third kappa shape index (κ3) is 3.34. The van der Waals surface area contributed by atoms with Crippen LogP contribution >= 0.6 is 0 Å². The molecular formula is C15H22N4. The second-order valence-electron chi connectivity index (χ2n) is 4.79. The first-order valence-electron chi connectivity index (χ1n) is 6.97. The number of anilines is 1. The second kappa shape index (κ2) is 6.36. The van der Waals surface area contributed by atoms with Crippen LogP contribution in [0, 0.1) is 6.92 Å². The first-order chi connectivity index (χ1) is 9.24. The fraction of sp³-hybridized carbons (Fsp3) is 0.467. The minimum atomic E-state index is 0.535. The summed E-state index contributed by atoms with van der Waals surface area (Å²) in [5, 5.41) is 3.53. The fourth-order valence-electron chi connectivity index (χ4n) is 2.20. The van der Waals surface area contributed by atoms with Gasteiger partial charge in [-0.2, -0.15) is 0 Å². The zero-order valence-corrected chi connectivity index (χ0v) is 11.9. The number of pyridine rings is 1. The van der Waals surface area contributed by atoms with E-state index in [0.29, 0.717) is 6.04 Å². The van der Waals surface area contributed by atoms with Crippen LogP contribution in [0.2, 0.25) is 0 Å². The fourth-order valence-corrected chi connectivity index (χ4v) is 2.20. The molecule has 2 rings (SSSR count). The molecule has 0 aliphatic heterocycles. The Morgan fingerprint density at radius 2 is 2.11 bits per heavy atom. The van der Waals surface area contributed by atoms with Crippen LogP contribution in [0.25, 0.3) is 5.82 Å². The Bertz CT molecular complexity index is 501. The number of nitrogens with zero attached hydrogens (tertiary/aromatic N) is 3. The third-order valence-corrected chi connectivity index (χ3v) is 3.32. The summed E-state index contributed by atoms with van der Waals surface area (Å²) in [6, 6.07) is 4.64. The molecule has 19 heavy (non-hydrogen) atoms. The van der Waals surface area contributed by atoms with Gasteiger partial charge in [0.05, 0.1) is 11.9 Å². The van der Waals surface area contributed by atoms with E-state index >= 15 is 0 Å². The lowest BCUT2D eigenvalue weighted by Gasteiger charge is -2.17. The van der Waals surface area contributed by atoms with E-state index in [1.165, 1.54) is 12.8 Å². The van der Waals surface area contributed by atoms with Gasteiger partial charge in [-0.25, -0.2) is 9.97 Å². The van der Waals surface area contributed by atoms with Crippen molar-refractivity contribution in [2.75, 3.05) is 5.32 Å². The molecule has 2 heterocycles. The highest BCUT2D eigenvalue weighted by molar-refractivity contribution is 5.44. The molecule has 0 fully saturated rings. The molecule has 1 N–H and O–H groups in total. The predicted molar refractivity (Wildman–Crippen MR) is 78.7 cm³/mol. The lowest BCUT2D eigenvalue weighted by atomic mass is 10.1. The Kier molecular flexibility index (Phi) is 4.55. The van der Waals surface area contributed by atoms with Crippen molar-refractivity contribution in [1.82, 2.24) is 14.5 Å². The van der Waals surface area contributed by atoms with Gasteiger partial charge in [-0.1, -0.05) is 20.3 Å². The molecular weight excluding hydrogens is 236 g/mol. The van der Waals surface area contributed by atoms with Gasteiger partial charge in [0.2, 0.25) is 0 Å². The van der Waals surface area contributed by atoms with E-state index in [2.05, 4.69) is 35.2 Å². The van der Waals surface area contributed by atoms with Crippen molar-refractivity contribution in [2.45, 2.75) is 46.1 Å². The maximum absolute atomic E-state index is 4.49. The highest BCUT2D eigenvalue weighted by atomic mass is 15.1. The second-order valence-corrected chi connectivity index (χ2v) is 4.79. The lowest BCUT2D eigenvalue weighted by molar-refractivity contribution is 0.622. The molecule has 4 nitrogen and oxygen atoms in total. The van der Waals surface area contributed by atoms with E-state index in [4.69, 9.17) is 0 Å². The lowest BCUT2D eigenvalue weighted by Crippen LogP contribution is -2.18. The number of hydrogen-bond acceptors (Lipinski definition) is 3. The van der Waals surface area contributed by atoms with E-state index in [1.54, 1.807) is 6.20 Å². The number of imidazole rings is 1. The summed E-state index contributed by atoms with van der Waals surface area (Å²) in [5.41, 5.74) is 1.09. The number of nitrogens with one attached hydrogen (secondary N) is 1. The summed E-state index contributed by atoms with van der Waals surface area (Å²) in [5.74, 6) is 1.86.